The fourth-order valence-corrected chi connectivity index (χ4v) is 18.4. The Balaban J connectivity index is 1.22. The average molecular weight is 1040 g/mol. The number of hydrogen-bond donors (Lipinski definition) is 0. The van der Waals surface area contributed by atoms with Crippen molar-refractivity contribution >= 4 is 57.8 Å². The highest BCUT2D eigenvalue weighted by Crippen LogP contribution is 2.67. The maximum atomic E-state index is 2.90. The number of nitrogens with zero attached hydrogens (tertiary/aromatic N) is 2. The monoisotopic (exact) mass is 1030 g/mol. The summed E-state index contributed by atoms with van der Waals surface area (Å²) >= 11 is 2.26. The van der Waals surface area contributed by atoms with Gasteiger partial charge in [-0.05, 0) is 210 Å². The zero-order valence-corrected chi connectivity index (χ0v) is 50.9. The molecule has 0 radical (unpaired) electrons. The topological polar surface area (TPSA) is 6.48 Å². The minimum Gasteiger partial charge on any atom is -0.311 e. The molecule has 3 aliphatic heterocycles. The van der Waals surface area contributed by atoms with Gasteiger partial charge in [0.1, 0.15) is 0 Å². The summed E-state index contributed by atoms with van der Waals surface area (Å²) in [7, 11) is 0. The van der Waals surface area contributed by atoms with Crippen LogP contribution in [0.2, 0.25) is 0 Å². The molecule has 2 unspecified atom stereocenters. The molecule has 0 bridgehead atoms. The van der Waals surface area contributed by atoms with Gasteiger partial charge in [0.05, 0.1) is 10.7 Å². The summed E-state index contributed by atoms with van der Waals surface area (Å²) < 4.78 is 0. The maximum absolute atomic E-state index is 2.90. The molecule has 398 valence electrons. The maximum Gasteiger partial charge on any atom is 0.248 e. The molecule has 0 amide bonds. The molecule has 77 heavy (non-hydrogen) atoms. The van der Waals surface area contributed by atoms with Gasteiger partial charge in [0.15, 0.2) is 0 Å². The number of benzene rings is 6. The number of thioether (sulfide) groups is 1. The van der Waals surface area contributed by atoms with Crippen molar-refractivity contribution in [1.29, 1.82) is 0 Å². The standard InChI is InChI=1S/C73H87BN2S/c1-44-36-49-52(69(8,9)31-28-66(49,2)3)41-56(44)75-58-43-54-51(68(6,7)30-33-71(54,12)13)40-55(58)74-62-59(75)37-47(45-24-20-18-21-25-45)38-60(62)76(65-63(74)61-64(77-65)73(16,17)35-34-72(61,14)15)57-42-53-50(67(4,5)29-32-70(53,10)11)39-48(57)46-26-22-19-23-27-46/h18-27,36-43,61,64H,28-35H2,1-17H3. The lowest BCUT2D eigenvalue weighted by atomic mass is 9.29. The van der Waals surface area contributed by atoms with Gasteiger partial charge >= 0.3 is 0 Å². The van der Waals surface area contributed by atoms with Crippen LogP contribution in [0, 0.1) is 23.7 Å². The summed E-state index contributed by atoms with van der Waals surface area (Å²) in [6, 6.07) is 44.4. The van der Waals surface area contributed by atoms with Crippen LogP contribution < -0.4 is 20.7 Å². The van der Waals surface area contributed by atoms with E-state index in [-0.39, 0.29) is 50.0 Å². The van der Waals surface area contributed by atoms with Crippen molar-refractivity contribution in [3.63, 3.8) is 0 Å². The third kappa shape index (κ3) is 7.61. The summed E-state index contributed by atoms with van der Waals surface area (Å²) in [5, 5.41) is 1.92. The molecular formula is C73H87BN2S. The van der Waals surface area contributed by atoms with Crippen molar-refractivity contribution in [1.82, 2.24) is 0 Å². The van der Waals surface area contributed by atoms with Gasteiger partial charge in [0.25, 0.3) is 0 Å². The molecule has 2 nitrogen and oxygen atoms in total. The number of hydrogen-bond acceptors (Lipinski definition) is 3. The van der Waals surface area contributed by atoms with Crippen molar-refractivity contribution < 1.29 is 0 Å². The summed E-state index contributed by atoms with van der Waals surface area (Å²) in [4.78, 5) is 5.73. The van der Waals surface area contributed by atoms with Gasteiger partial charge in [0.2, 0.25) is 6.71 Å². The van der Waals surface area contributed by atoms with E-state index < -0.39 is 0 Å². The molecule has 6 aromatic carbocycles. The molecule has 6 aromatic rings. The van der Waals surface area contributed by atoms with E-state index in [1.807, 2.05) is 0 Å². The van der Waals surface area contributed by atoms with Gasteiger partial charge in [-0.2, -0.15) is 0 Å². The lowest BCUT2D eigenvalue weighted by Gasteiger charge is -2.52. The highest BCUT2D eigenvalue weighted by molar-refractivity contribution is 8.04. The van der Waals surface area contributed by atoms with Gasteiger partial charge in [-0.15, -0.1) is 11.8 Å². The van der Waals surface area contributed by atoms with Crippen molar-refractivity contribution in [2.75, 3.05) is 9.80 Å². The fraction of sp³-hybridized carbons (Fsp3) is 0.479. The molecule has 4 aliphatic carbocycles. The third-order valence-electron chi connectivity index (χ3n) is 21.9. The highest BCUT2D eigenvalue weighted by atomic mass is 32.2. The van der Waals surface area contributed by atoms with Crippen LogP contribution in [-0.4, -0.2) is 12.0 Å². The van der Waals surface area contributed by atoms with Crippen LogP contribution in [0.1, 0.15) is 201 Å². The van der Waals surface area contributed by atoms with Gasteiger partial charge < -0.3 is 9.80 Å². The second-order valence-electron chi connectivity index (χ2n) is 30.9. The average Bonchev–Trinajstić information content (AvgIpc) is 4.03. The summed E-state index contributed by atoms with van der Waals surface area (Å²) in [5.74, 6) is 0.384. The Morgan fingerprint density at radius 3 is 1.36 bits per heavy atom. The highest BCUT2D eigenvalue weighted by Gasteiger charge is 2.60. The number of anilines is 5. The minimum atomic E-state index is 0.0260. The molecule has 3 heterocycles. The lowest BCUT2D eigenvalue weighted by molar-refractivity contribution is 0.0926. The van der Waals surface area contributed by atoms with Crippen molar-refractivity contribution in [3.8, 4) is 22.3 Å². The van der Waals surface area contributed by atoms with Gasteiger partial charge in [0, 0.05) is 33.6 Å². The summed E-state index contributed by atoms with van der Waals surface area (Å²) in [5.41, 5.74) is 27.7. The molecule has 2 atom stereocenters. The van der Waals surface area contributed by atoms with E-state index in [1.165, 1.54) is 151 Å². The second kappa shape index (κ2) is 16.6. The van der Waals surface area contributed by atoms with Crippen LogP contribution in [0.5, 0.6) is 0 Å². The number of fused-ring (bicyclic) bond motifs is 8. The molecule has 13 rings (SSSR count). The Hall–Kier alpha value is -4.93. The van der Waals surface area contributed by atoms with Crippen LogP contribution in [-0.2, 0) is 32.5 Å². The molecule has 0 aromatic heterocycles. The van der Waals surface area contributed by atoms with Crippen molar-refractivity contribution in [3.05, 3.63) is 159 Å². The van der Waals surface area contributed by atoms with E-state index in [0.29, 0.717) is 11.2 Å². The molecule has 4 heteroatoms. The SMILES string of the molecule is Cc1cc2c(cc1N1c3cc4c(cc3B3C5=C(SC6C5C(C)(C)CCC6(C)C)N(c5cc6c(cc5-c5ccccc5)C(C)(C)CCC6(C)C)c5cc(-c6ccccc6)cc1c53)C(C)(C)CCC4(C)C)C(C)(C)CCC2(C)C. The third-order valence-corrected chi connectivity index (χ3v) is 23.7. The molecule has 7 aliphatic rings. The fourth-order valence-electron chi connectivity index (χ4n) is 16.4. The molecule has 0 saturated heterocycles. The molecule has 0 N–H and O–H groups in total. The van der Waals surface area contributed by atoms with E-state index in [1.54, 1.807) is 11.0 Å². The number of rotatable bonds is 4. The zero-order valence-electron chi connectivity index (χ0n) is 50.1. The Morgan fingerprint density at radius 2 is 0.831 bits per heavy atom. The molecule has 0 spiro atoms. The molecular weight excluding hydrogens is 948 g/mol. The van der Waals surface area contributed by atoms with Crippen molar-refractivity contribution in [2.24, 2.45) is 16.7 Å². The Labute approximate surface area is 469 Å². The first-order chi connectivity index (χ1) is 36.0. The Bertz CT molecular complexity index is 3490. The van der Waals surface area contributed by atoms with Crippen LogP contribution >= 0.6 is 11.8 Å². The van der Waals surface area contributed by atoms with Gasteiger partial charge in [-0.3, -0.25) is 0 Å². The zero-order chi connectivity index (χ0) is 54.5. The number of allylic oxidation sites excluding steroid dienone is 1. The smallest absolute Gasteiger partial charge is 0.248 e. The van der Waals surface area contributed by atoms with E-state index in [4.69, 9.17) is 0 Å². The quantitative estimate of drug-likeness (QED) is 0.163. The Morgan fingerprint density at radius 1 is 0.403 bits per heavy atom. The Kier molecular flexibility index (Phi) is 11.1. The van der Waals surface area contributed by atoms with Crippen LogP contribution in [0.15, 0.2) is 120 Å². The normalized spacial score (nSPS) is 24.7. The van der Waals surface area contributed by atoms with Crippen LogP contribution in [0.25, 0.3) is 22.3 Å². The first kappa shape index (κ1) is 51.5. The second-order valence-corrected chi connectivity index (χ2v) is 32.0. The van der Waals surface area contributed by atoms with Crippen LogP contribution in [0.4, 0.5) is 28.4 Å². The first-order valence-corrected chi connectivity index (χ1v) is 30.7. The predicted octanol–water partition coefficient (Wildman–Crippen LogP) is 19.2. The van der Waals surface area contributed by atoms with Crippen molar-refractivity contribution in [2.45, 2.75) is 207 Å². The molecule has 1 saturated carbocycles. The van der Waals surface area contributed by atoms with E-state index >= 15 is 0 Å². The number of aryl methyl sites for hydroxylation is 1. The van der Waals surface area contributed by atoms with Gasteiger partial charge in [-0.1, -0.05) is 189 Å². The van der Waals surface area contributed by atoms with E-state index in [2.05, 4.69) is 248 Å². The van der Waals surface area contributed by atoms with Crippen LogP contribution in [0.3, 0.4) is 0 Å². The summed E-state index contributed by atoms with van der Waals surface area (Å²) in [6.45, 7) is 43.2. The lowest BCUT2D eigenvalue weighted by Crippen LogP contribution is -2.59. The van der Waals surface area contributed by atoms with E-state index in [0.717, 1.165) is 0 Å². The summed E-state index contributed by atoms with van der Waals surface area (Å²) in [6.07, 6.45) is 9.56. The minimum absolute atomic E-state index is 0.0260. The molecule has 1 fully saturated rings. The van der Waals surface area contributed by atoms with E-state index in [9.17, 15) is 0 Å². The predicted molar refractivity (Wildman–Crippen MR) is 335 cm³/mol. The first-order valence-electron chi connectivity index (χ1n) is 29.9. The van der Waals surface area contributed by atoms with Gasteiger partial charge in [-0.25, -0.2) is 0 Å². The largest absolute Gasteiger partial charge is 0.311 e.